The van der Waals surface area contributed by atoms with Gasteiger partial charge < -0.3 is 9.52 Å². The molecule has 249 valence electrons. The van der Waals surface area contributed by atoms with E-state index in [9.17, 15) is 9.90 Å². The summed E-state index contributed by atoms with van der Waals surface area (Å²) >= 11 is 0. The van der Waals surface area contributed by atoms with Crippen LogP contribution in [-0.2, 0) is 30.3 Å². The van der Waals surface area contributed by atoms with Gasteiger partial charge >= 0.3 is 0 Å². The molecule has 6 rings (SSSR count). The van der Waals surface area contributed by atoms with E-state index in [2.05, 4.69) is 75.4 Å². The molecular formula is C42H48IrNO3-. The summed E-state index contributed by atoms with van der Waals surface area (Å²) in [5.41, 5.74) is 8.10. The molecule has 5 heteroatoms. The van der Waals surface area contributed by atoms with E-state index < -0.39 is 0 Å². The smallest absolute Gasteiger partial charge is 0.164 e. The Kier molecular flexibility index (Phi) is 10.7. The molecule has 0 fully saturated rings. The number of furan rings is 1. The number of aliphatic hydroxyl groups is 1. The summed E-state index contributed by atoms with van der Waals surface area (Å²) in [7, 11) is 0. The molecule has 0 aliphatic heterocycles. The van der Waals surface area contributed by atoms with E-state index in [1.54, 1.807) is 0 Å². The van der Waals surface area contributed by atoms with Crippen molar-refractivity contribution in [1.29, 1.82) is 0 Å². The molecule has 0 amide bonds. The van der Waals surface area contributed by atoms with Crippen LogP contribution in [0.4, 0.5) is 0 Å². The zero-order chi connectivity index (χ0) is 33.4. The first kappa shape index (κ1) is 36.3. The summed E-state index contributed by atoms with van der Waals surface area (Å²) < 4.78 is 6.31. The van der Waals surface area contributed by atoms with Crippen LogP contribution in [0.1, 0.15) is 97.8 Å². The zero-order valence-corrected chi connectivity index (χ0v) is 31.7. The zero-order valence-electron chi connectivity index (χ0n) is 29.3. The third-order valence-electron chi connectivity index (χ3n) is 10.8. The molecule has 1 radical (unpaired) electrons. The van der Waals surface area contributed by atoms with Gasteiger partial charge in [0.1, 0.15) is 17.1 Å². The Morgan fingerprint density at radius 1 is 0.915 bits per heavy atom. The van der Waals surface area contributed by atoms with Crippen molar-refractivity contribution in [2.75, 3.05) is 0 Å². The standard InChI is InChI=1S/C27H20NO.C15H28O2.Ir/c1-16-11-13-21-17(15-16)12-14-22(28-21)18-8-6-9-20-24(18)27(2,3)25-19-7-4-5-10-23(19)29-26(20)25;1-7-14(5,8-2)12(16)11-13(17)15(6,9-3)10-4;/h4-7,9-15H,1-3H3;11,16H,7-10H2,1-6H3;/q-1;;/b;12-11-;. The largest absolute Gasteiger partial charge is 0.512 e. The number of allylic oxidation sites excluding steroid dienone is 2. The second-order valence-corrected chi connectivity index (χ2v) is 13.9. The molecular weight excluding hydrogens is 759 g/mol. The summed E-state index contributed by atoms with van der Waals surface area (Å²) in [5.74, 6) is 1.27. The minimum absolute atomic E-state index is 0. The number of pyridine rings is 1. The SMILES string of the molecule is CCC(C)(CC)C(=O)/C=C(\O)C(C)(CC)CC.Cc1ccc2nc(-c3[c-]ccc4c3C(C)(C)c3c-4oc4ccccc34)ccc2c1.[Ir]. The van der Waals surface area contributed by atoms with E-state index in [0.29, 0.717) is 0 Å². The third kappa shape index (κ3) is 6.50. The van der Waals surface area contributed by atoms with E-state index >= 15 is 0 Å². The maximum absolute atomic E-state index is 12.2. The molecule has 1 N–H and O–H groups in total. The van der Waals surface area contributed by atoms with Crippen molar-refractivity contribution in [2.24, 2.45) is 10.8 Å². The van der Waals surface area contributed by atoms with Crippen molar-refractivity contribution in [3.8, 4) is 22.6 Å². The van der Waals surface area contributed by atoms with Gasteiger partial charge in [-0.1, -0.05) is 103 Å². The molecule has 0 atom stereocenters. The number of aryl methyl sites for hydroxylation is 1. The topological polar surface area (TPSA) is 63.3 Å². The maximum Gasteiger partial charge on any atom is 0.164 e. The molecule has 1 aliphatic carbocycles. The Labute approximate surface area is 294 Å². The summed E-state index contributed by atoms with van der Waals surface area (Å²) in [6, 6.07) is 26.6. The van der Waals surface area contributed by atoms with Crippen molar-refractivity contribution in [3.05, 3.63) is 101 Å². The Morgan fingerprint density at radius 3 is 2.23 bits per heavy atom. The maximum atomic E-state index is 12.2. The van der Waals surface area contributed by atoms with Gasteiger partial charge in [0.05, 0.1) is 5.52 Å². The number of fused-ring (bicyclic) bond motifs is 6. The number of benzene rings is 3. The average Bonchev–Trinajstić information content (AvgIpc) is 3.57. The van der Waals surface area contributed by atoms with Gasteiger partial charge in [0.25, 0.3) is 0 Å². The van der Waals surface area contributed by atoms with Crippen molar-refractivity contribution in [3.63, 3.8) is 0 Å². The van der Waals surface area contributed by atoms with Crippen LogP contribution in [0.25, 0.3) is 44.5 Å². The number of hydrogen-bond donors (Lipinski definition) is 1. The first-order chi connectivity index (χ1) is 21.8. The van der Waals surface area contributed by atoms with Gasteiger partial charge in [-0.25, -0.2) is 0 Å². The average molecular weight is 807 g/mol. The number of carbonyl (C=O) groups is 1. The third-order valence-corrected chi connectivity index (χ3v) is 10.8. The predicted molar refractivity (Wildman–Crippen MR) is 191 cm³/mol. The van der Waals surface area contributed by atoms with E-state index in [1.165, 1.54) is 33.5 Å². The summed E-state index contributed by atoms with van der Waals surface area (Å²) in [5, 5.41) is 12.5. The van der Waals surface area contributed by atoms with Crippen molar-refractivity contribution < 1.29 is 34.4 Å². The van der Waals surface area contributed by atoms with E-state index in [0.717, 1.165) is 59.4 Å². The molecule has 3 aromatic carbocycles. The Hall–Kier alpha value is -3.53. The normalized spacial score (nSPS) is 13.9. The molecule has 0 spiro atoms. The molecule has 0 saturated heterocycles. The molecule has 2 aromatic heterocycles. The second kappa shape index (κ2) is 13.9. The summed E-state index contributed by atoms with van der Waals surface area (Å²) in [6.45, 7) is 18.8. The van der Waals surface area contributed by atoms with Crippen LogP contribution in [0.15, 0.2) is 83.0 Å². The number of aromatic nitrogens is 1. The number of ketones is 1. The number of hydrogen-bond acceptors (Lipinski definition) is 4. The Balaban J connectivity index is 0.000000242. The molecule has 47 heavy (non-hydrogen) atoms. The van der Waals surface area contributed by atoms with E-state index in [-0.39, 0.29) is 47.9 Å². The van der Waals surface area contributed by atoms with E-state index in [1.807, 2.05) is 59.7 Å². The fourth-order valence-corrected chi connectivity index (χ4v) is 6.59. The van der Waals surface area contributed by atoms with E-state index in [4.69, 9.17) is 9.40 Å². The Morgan fingerprint density at radius 2 is 1.57 bits per heavy atom. The number of nitrogens with zero attached hydrogens (tertiary/aromatic N) is 1. The quantitative estimate of drug-likeness (QED) is 0.0964. The molecule has 0 unspecified atom stereocenters. The molecule has 4 nitrogen and oxygen atoms in total. The van der Waals surface area contributed by atoms with Crippen molar-refractivity contribution in [1.82, 2.24) is 4.98 Å². The minimum atomic E-state index is -0.337. The fraction of sp³-hybridized carbons (Fsp3) is 0.381. The number of para-hydroxylation sites is 1. The van der Waals surface area contributed by atoms with Crippen LogP contribution in [0.2, 0.25) is 0 Å². The van der Waals surface area contributed by atoms with Gasteiger partial charge in [-0.05, 0) is 67.3 Å². The van der Waals surface area contributed by atoms with Gasteiger partial charge in [-0.3, -0.25) is 9.78 Å². The van der Waals surface area contributed by atoms with Crippen LogP contribution >= 0.6 is 0 Å². The summed E-state index contributed by atoms with van der Waals surface area (Å²) in [4.78, 5) is 17.2. The second-order valence-electron chi connectivity index (χ2n) is 13.9. The Bertz CT molecular complexity index is 1940. The number of carbonyl (C=O) groups excluding carboxylic acids is 1. The summed E-state index contributed by atoms with van der Waals surface area (Å²) in [6.07, 6.45) is 4.75. The van der Waals surface area contributed by atoms with Crippen molar-refractivity contribution >= 4 is 27.7 Å². The molecule has 0 bridgehead atoms. The van der Waals surface area contributed by atoms with Gasteiger partial charge in [0, 0.05) is 48.0 Å². The van der Waals surface area contributed by atoms with Crippen LogP contribution in [-0.4, -0.2) is 15.9 Å². The first-order valence-electron chi connectivity index (χ1n) is 16.7. The molecule has 2 heterocycles. The van der Waals surface area contributed by atoms with Crippen molar-refractivity contribution in [2.45, 2.75) is 93.4 Å². The molecule has 5 aromatic rings. The first-order valence-corrected chi connectivity index (χ1v) is 16.7. The van der Waals surface area contributed by atoms with Gasteiger partial charge in [-0.15, -0.1) is 29.3 Å². The van der Waals surface area contributed by atoms with Gasteiger partial charge in [0.15, 0.2) is 5.78 Å². The van der Waals surface area contributed by atoms with Crippen LogP contribution in [0.5, 0.6) is 0 Å². The monoisotopic (exact) mass is 807 g/mol. The van der Waals surface area contributed by atoms with Crippen LogP contribution < -0.4 is 0 Å². The van der Waals surface area contributed by atoms with Gasteiger partial charge in [-0.2, -0.15) is 0 Å². The van der Waals surface area contributed by atoms with Crippen LogP contribution in [0, 0.1) is 23.8 Å². The van der Waals surface area contributed by atoms with Crippen LogP contribution in [0.3, 0.4) is 0 Å². The predicted octanol–water partition coefficient (Wildman–Crippen LogP) is 11.7. The van der Waals surface area contributed by atoms with Gasteiger partial charge in [0.2, 0.25) is 0 Å². The minimum Gasteiger partial charge on any atom is -0.512 e. The number of rotatable bonds is 8. The molecule has 1 aliphatic rings. The molecule has 0 saturated carbocycles. The fourth-order valence-electron chi connectivity index (χ4n) is 6.59. The number of aliphatic hydroxyl groups excluding tert-OH is 1.